The molecule has 212 valence electrons. The molecule has 3 N–H and O–H groups in total. The van der Waals surface area contributed by atoms with Gasteiger partial charge in [0.1, 0.15) is 0 Å². The third-order valence-electron chi connectivity index (χ3n) is 8.47. The van der Waals surface area contributed by atoms with Gasteiger partial charge in [-0.3, -0.25) is 9.89 Å². The second-order valence-electron chi connectivity index (χ2n) is 11.4. The Morgan fingerprint density at radius 2 is 1.93 bits per heavy atom. The zero-order valence-corrected chi connectivity index (χ0v) is 24.4. The highest BCUT2D eigenvalue weighted by atomic mass is 16.5. The molecule has 1 aliphatic rings. The van der Waals surface area contributed by atoms with Gasteiger partial charge in [0.25, 0.3) is 0 Å². The fourth-order valence-electron chi connectivity index (χ4n) is 6.57. The number of amides is 1. The number of aryl methyl sites for hydroxylation is 4. The predicted octanol–water partition coefficient (Wildman–Crippen LogP) is 5.66. The average Bonchev–Trinajstić information content (AvgIpc) is 3.44. The van der Waals surface area contributed by atoms with E-state index in [1.165, 1.54) is 22.2 Å². The maximum atomic E-state index is 13.4. The first-order valence-corrected chi connectivity index (χ1v) is 14.6. The number of fused-ring (bicyclic) bond motifs is 1. The summed E-state index contributed by atoms with van der Waals surface area (Å²) in [5.74, 6) is 0.490. The van der Waals surface area contributed by atoms with Gasteiger partial charge in [-0.25, -0.2) is 0 Å². The number of carbonyl (C=O) groups excluding carboxylic acids is 1. The van der Waals surface area contributed by atoms with Crippen LogP contribution in [0, 0.1) is 20.8 Å². The number of ether oxygens (including phenoxy) is 1. The standard InChI is InChI=1S/C33H43N5O2/c1-22-29-10-5-6-11-30(29)38(17-8-18-40-4)33(22)27-9-7-16-37(21-27)31(39)20-28(34)19-25-12-14-26(15-13-25)32-23(2)35-36-24(32)3/h5-6,10-15,27-28H,7-9,16-21,34H2,1-4H3,(H,35,36)/t27-,28-/m1/s1. The van der Waals surface area contributed by atoms with E-state index in [2.05, 4.69) is 75.1 Å². The van der Waals surface area contributed by atoms with Gasteiger partial charge >= 0.3 is 0 Å². The highest BCUT2D eigenvalue weighted by Crippen LogP contribution is 2.36. The first-order chi connectivity index (χ1) is 19.4. The van der Waals surface area contributed by atoms with Crippen molar-refractivity contribution in [1.29, 1.82) is 0 Å². The lowest BCUT2D eigenvalue weighted by Crippen LogP contribution is -2.42. The molecular weight excluding hydrogens is 498 g/mol. The van der Waals surface area contributed by atoms with Gasteiger partial charge in [0.15, 0.2) is 0 Å². The number of hydrogen-bond acceptors (Lipinski definition) is 4. The molecule has 4 aromatic rings. The van der Waals surface area contributed by atoms with E-state index in [0.29, 0.717) is 18.8 Å². The van der Waals surface area contributed by atoms with E-state index in [4.69, 9.17) is 10.5 Å². The number of nitrogens with one attached hydrogen (secondary N) is 1. The van der Waals surface area contributed by atoms with Crippen molar-refractivity contribution < 1.29 is 9.53 Å². The van der Waals surface area contributed by atoms with Crippen LogP contribution in [-0.2, 0) is 22.5 Å². The van der Waals surface area contributed by atoms with Gasteiger partial charge in [-0.15, -0.1) is 0 Å². The summed E-state index contributed by atoms with van der Waals surface area (Å²) in [6.45, 7) is 9.52. The average molecular weight is 542 g/mol. The molecule has 3 heterocycles. The number of H-pyrrole nitrogens is 1. The van der Waals surface area contributed by atoms with Crippen molar-refractivity contribution in [3.05, 3.63) is 76.7 Å². The lowest BCUT2D eigenvalue weighted by atomic mass is 9.91. The number of aromatic amines is 1. The maximum absolute atomic E-state index is 13.4. The fourth-order valence-corrected chi connectivity index (χ4v) is 6.57. The topological polar surface area (TPSA) is 89.2 Å². The fraction of sp³-hybridized carbons (Fsp3) is 0.455. The van der Waals surface area contributed by atoms with E-state index < -0.39 is 0 Å². The molecular formula is C33H43N5O2. The van der Waals surface area contributed by atoms with Crippen LogP contribution in [0.25, 0.3) is 22.0 Å². The number of nitrogens with two attached hydrogens (primary N) is 1. The van der Waals surface area contributed by atoms with Crippen molar-refractivity contribution in [2.24, 2.45) is 5.73 Å². The lowest BCUT2D eigenvalue weighted by molar-refractivity contribution is -0.132. The summed E-state index contributed by atoms with van der Waals surface area (Å²) in [6.07, 6.45) is 4.12. The van der Waals surface area contributed by atoms with E-state index in [1.807, 2.05) is 13.8 Å². The normalized spacial score (nSPS) is 16.5. The van der Waals surface area contributed by atoms with Crippen molar-refractivity contribution in [2.45, 2.75) is 71.4 Å². The smallest absolute Gasteiger partial charge is 0.224 e. The van der Waals surface area contributed by atoms with E-state index in [1.54, 1.807) is 7.11 Å². The predicted molar refractivity (Wildman–Crippen MR) is 162 cm³/mol. The number of para-hydroxylation sites is 1. The Labute approximate surface area is 237 Å². The third-order valence-corrected chi connectivity index (χ3v) is 8.47. The Kier molecular flexibility index (Phi) is 8.72. The van der Waals surface area contributed by atoms with Gasteiger partial charge in [0.05, 0.1) is 5.69 Å². The number of carbonyl (C=O) groups is 1. The number of piperidine rings is 1. The summed E-state index contributed by atoms with van der Waals surface area (Å²) in [5.41, 5.74) is 16.0. The van der Waals surface area contributed by atoms with Crippen molar-refractivity contribution in [2.75, 3.05) is 26.8 Å². The van der Waals surface area contributed by atoms with Gasteiger partial charge in [-0.05, 0) is 69.2 Å². The Morgan fingerprint density at radius 3 is 2.65 bits per heavy atom. The number of nitrogens with zero attached hydrogens (tertiary/aromatic N) is 3. The number of aromatic nitrogens is 3. The summed E-state index contributed by atoms with van der Waals surface area (Å²) in [7, 11) is 1.76. The largest absolute Gasteiger partial charge is 0.385 e. The molecule has 7 nitrogen and oxygen atoms in total. The first kappa shape index (κ1) is 28.1. The van der Waals surface area contributed by atoms with E-state index in [-0.39, 0.29) is 11.9 Å². The number of hydrogen-bond donors (Lipinski definition) is 2. The van der Waals surface area contributed by atoms with Crippen LogP contribution in [0.4, 0.5) is 0 Å². The SMILES string of the molecule is COCCCn1c([C@@H]2CCCN(C(=O)C[C@H](N)Cc3ccc(-c4c(C)n[nH]c4C)cc3)C2)c(C)c2ccccc21. The Balaban J connectivity index is 1.24. The van der Waals surface area contributed by atoms with Gasteiger partial charge in [0.2, 0.25) is 5.91 Å². The molecule has 0 aliphatic carbocycles. The van der Waals surface area contributed by atoms with Gasteiger partial charge in [-0.2, -0.15) is 5.10 Å². The molecule has 1 amide bonds. The number of rotatable bonds is 10. The summed E-state index contributed by atoms with van der Waals surface area (Å²) in [4.78, 5) is 15.5. The van der Waals surface area contributed by atoms with Crippen molar-refractivity contribution in [3.8, 4) is 11.1 Å². The van der Waals surface area contributed by atoms with Gasteiger partial charge < -0.3 is 19.9 Å². The minimum absolute atomic E-state index is 0.165. The highest BCUT2D eigenvalue weighted by Gasteiger charge is 2.29. The molecule has 7 heteroatoms. The van der Waals surface area contributed by atoms with E-state index in [0.717, 1.165) is 73.6 Å². The van der Waals surface area contributed by atoms with Gasteiger partial charge in [0, 0.05) is 79.6 Å². The van der Waals surface area contributed by atoms with Crippen molar-refractivity contribution in [1.82, 2.24) is 19.7 Å². The zero-order valence-electron chi connectivity index (χ0n) is 24.4. The van der Waals surface area contributed by atoms with Gasteiger partial charge in [-0.1, -0.05) is 42.5 Å². The molecule has 0 bridgehead atoms. The molecule has 1 aliphatic heterocycles. The first-order valence-electron chi connectivity index (χ1n) is 14.6. The van der Waals surface area contributed by atoms with E-state index >= 15 is 0 Å². The van der Waals surface area contributed by atoms with Crippen LogP contribution in [0.3, 0.4) is 0 Å². The monoisotopic (exact) mass is 541 g/mol. The highest BCUT2D eigenvalue weighted by molar-refractivity contribution is 5.85. The summed E-state index contributed by atoms with van der Waals surface area (Å²) in [6, 6.07) is 16.9. The summed E-state index contributed by atoms with van der Waals surface area (Å²) < 4.78 is 7.82. The van der Waals surface area contributed by atoms with Crippen LogP contribution >= 0.6 is 0 Å². The molecule has 2 atom stereocenters. The molecule has 0 spiro atoms. The molecule has 0 saturated carbocycles. The quantitative estimate of drug-likeness (QED) is 0.254. The van der Waals surface area contributed by atoms with Crippen molar-refractivity contribution in [3.63, 3.8) is 0 Å². The number of likely N-dealkylation sites (tertiary alicyclic amines) is 1. The molecule has 2 aromatic heterocycles. The van der Waals surface area contributed by atoms with Crippen LogP contribution in [0.15, 0.2) is 48.5 Å². The molecule has 1 fully saturated rings. The zero-order chi connectivity index (χ0) is 28.2. The Morgan fingerprint density at radius 1 is 1.15 bits per heavy atom. The van der Waals surface area contributed by atoms with E-state index in [9.17, 15) is 4.79 Å². The Bertz CT molecular complexity index is 1430. The summed E-state index contributed by atoms with van der Waals surface area (Å²) >= 11 is 0. The second kappa shape index (κ2) is 12.4. The molecule has 5 rings (SSSR count). The third kappa shape index (κ3) is 5.86. The Hall–Kier alpha value is -3.42. The van der Waals surface area contributed by atoms with Crippen LogP contribution in [0.5, 0.6) is 0 Å². The molecule has 0 unspecified atom stereocenters. The second-order valence-corrected chi connectivity index (χ2v) is 11.4. The van der Waals surface area contributed by atoms with Crippen LogP contribution in [0.2, 0.25) is 0 Å². The van der Waals surface area contributed by atoms with Crippen molar-refractivity contribution >= 4 is 16.8 Å². The summed E-state index contributed by atoms with van der Waals surface area (Å²) in [5, 5.41) is 8.67. The van der Waals surface area contributed by atoms with Crippen LogP contribution < -0.4 is 5.73 Å². The minimum Gasteiger partial charge on any atom is -0.385 e. The van der Waals surface area contributed by atoms with Crippen LogP contribution in [-0.4, -0.2) is 58.4 Å². The molecule has 2 aromatic carbocycles. The molecule has 0 radical (unpaired) electrons. The lowest BCUT2D eigenvalue weighted by Gasteiger charge is -2.34. The number of benzene rings is 2. The molecule has 40 heavy (non-hydrogen) atoms. The number of methoxy groups -OCH3 is 1. The minimum atomic E-state index is -0.210. The maximum Gasteiger partial charge on any atom is 0.224 e. The van der Waals surface area contributed by atoms with Crippen LogP contribution in [0.1, 0.15) is 59.8 Å². The molecule has 1 saturated heterocycles.